The summed E-state index contributed by atoms with van der Waals surface area (Å²) in [5.41, 5.74) is 1.19. The van der Waals surface area contributed by atoms with Gasteiger partial charge in [0, 0.05) is 20.7 Å². The Hall–Kier alpha value is -0.0200. The summed E-state index contributed by atoms with van der Waals surface area (Å²) in [5.74, 6) is 0. The maximum atomic E-state index is 3.61. The van der Waals surface area contributed by atoms with Crippen molar-refractivity contribution in [3.8, 4) is 0 Å². The van der Waals surface area contributed by atoms with Crippen LogP contribution in [0.2, 0.25) is 0 Å². The molecule has 3 heteroatoms. The van der Waals surface area contributed by atoms with Gasteiger partial charge in [-0.05, 0) is 47.0 Å². The van der Waals surface area contributed by atoms with Crippen molar-refractivity contribution >= 4 is 37.5 Å². The highest BCUT2D eigenvalue weighted by Crippen LogP contribution is 2.27. The lowest BCUT2D eigenvalue weighted by Gasteiger charge is -2.19. The molecule has 0 atom stereocenters. The highest BCUT2D eigenvalue weighted by molar-refractivity contribution is 9.11. The van der Waals surface area contributed by atoms with Crippen molar-refractivity contribution in [3.63, 3.8) is 0 Å². The van der Waals surface area contributed by atoms with Gasteiger partial charge in [0.2, 0.25) is 0 Å². The van der Waals surface area contributed by atoms with Gasteiger partial charge < -0.3 is 5.32 Å². The molecule has 1 nitrogen and oxygen atoms in total. The summed E-state index contributed by atoms with van der Waals surface area (Å²) >= 11 is 7.05. The Morgan fingerprint density at radius 1 is 1.12 bits per heavy atom. The summed E-state index contributed by atoms with van der Waals surface area (Å²) in [6.45, 7) is 4.47. The van der Waals surface area contributed by atoms with E-state index in [0.29, 0.717) is 6.04 Å². The van der Waals surface area contributed by atoms with Crippen molar-refractivity contribution in [3.05, 3.63) is 27.1 Å². The van der Waals surface area contributed by atoms with E-state index in [1.165, 1.54) is 31.4 Å². The molecule has 0 aromatic heterocycles. The molecule has 0 aliphatic heterocycles. The van der Waals surface area contributed by atoms with Gasteiger partial charge >= 0.3 is 0 Å². The van der Waals surface area contributed by atoms with E-state index >= 15 is 0 Å². The Morgan fingerprint density at radius 3 is 2.25 bits per heavy atom. The van der Waals surface area contributed by atoms with Gasteiger partial charge in [0.1, 0.15) is 0 Å². The van der Waals surface area contributed by atoms with Crippen LogP contribution in [0, 0.1) is 0 Å². The molecule has 0 heterocycles. The molecule has 0 unspecified atom stereocenters. The molecule has 0 fully saturated rings. The molecule has 0 radical (unpaired) electrons. The average molecular weight is 349 g/mol. The number of anilines is 1. The van der Waals surface area contributed by atoms with Crippen LogP contribution in [-0.4, -0.2) is 6.04 Å². The number of halogens is 2. The fourth-order valence-electron chi connectivity index (χ4n) is 1.81. The van der Waals surface area contributed by atoms with Crippen LogP contribution < -0.4 is 5.32 Å². The molecule has 90 valence electrons. The predicted molar refractivity (Wildman–Crippen MR) is 79.1 cm³/mol. The topological polar surface area (TPSA) is 12.0 Å². The minimum Gasteiger partial charge on any atom is -0.381 e. The number of hydrogen-bond acceptors (Lipinski definition) is 1. The van der Waals surface area contributed by atoms with Gasteiger partial charge in [0.05, 0.1) is 0 Å². The van der Waals surface area contributed by atoms with Crippen molar-refractivity contribution in [2.45, 2.75) is 45.6 Å². The third-order valence-corrected chi connectivity index (χ3v) is 3.71. The Balaban J connectivity index is 2.68. The maximum Gasteiger partial charge on any atom is 0.0487 e. The second kappa shape index (κ2) is 7.33. The molecule has 0 spiro atoms. The molecule has 0 aliphatic carbocycles. The monoisotopic (exact) mass is 347 g/mol. The first-order chi connectivity index (χ1) is 7.67. The summed E-state index contributed by atoms with van der Waals surface area (Å²) in [7, 11) is 0. The van der Waals surface area contributed by atoms with Crippen LogP contribution in [0.1, 0.15) is 39.5 Å². The molecule has 16 heavy (non-hydrogen) atoms. The van der Waals surface area contributed by atoms with Crippen LogP contribution in [0.15, 0.2) is 27.1 Å². The molecule has 0 bridgehead atoms. The summed E-state index contributed by atoms with van der Waals surface area (Å²) in [6, 6.07) is 6.86. The summed E-state index contributed by atoms with van der Waals surface area (Å²) in [6.07, 6.45) is 4.92. The fourth-order valence-corrected chi connectivity index (χ4v) is 2.97. The molecule has 0 aliphatic rings. The van der Waals surface area contributed by atoms with Gasteiger partial charge in [-0.15, -0.1) is 0 Å². The third-order valence-electron chi connectivity index (χ3n) is 2.57. The van der Waals surface area contributed by atoms with Crippen LogP contribution in [-0.2, 0) is 0 Å². The van der Waals surface area contributed by atoms with Crippen molar-refractivity contribution < 1.29 is 0 Å². The lowest BCUT2D eigenvalue weighted by Crippen LogP contribution is -2.19. The van der Waals surface area contributed by atoms with E-state index in [4.69, 9.17) is 0 Å². The molecule has 1 aromatic rings. The minimum absolute atomic E-state index is 0.590. The van der Waals surface area contributed by atoms with Gasteiger partial charge in [-0.1, -0.05) is 42.6 Å². The summed E-state index contributed by atoms with van der Waals surface area (Å²) in [5, 5.41) is 3.61. The summed E-state index contributed by atoms with van der Waals surface area (Å²) in [4.78, 5) is 0. The lowest BCUT2D eigenvalue weighted by atomic mass is 10.1. The largest absolute Gasteiger partial charge is 0.381 e. The van der Waals surface area contributed by atoms with Crippen LogP contribution in [0.5, 0.6) is 0 Å². The fraction of sp³-hybridized carbons (Fsp3) is 0.538. The zero-order valence-electron chi connectivity index (χ0n) is 9.89. The SMILES string of the molecule is CCCC(CCC)Nc1ccc(Br)cc1Br. The van der Waals surface area contributed by atoms with Crippen molar-refractivity contribution in [1.29, 1.82) is 0 Å². The molecular formula is C13H19Br2N. The van der Waals surface area contributed by atoms with Crippen LogP contribution in [0.25, 0.3) is 0 Å². The second-order valence-electron chi connectivity index (χ2n) is 4.04. The van der Waals surface area contributed by atoms with Gasteiger partial charge in [-0.3, -0.25) is 0 Å². The Labute approximate surface area is 115 Å². The molecular weight excluding hydrogens is 330 g/mol. The zero-order chi connectivity index (χ0) is 12.0. The second-order valence-corrected chi connectivity index (χ2v) is 5.81. The van der Waals surface area contributed by atoms with E-state index in [2.05, 4.69) is 69.2 Å². The first-order valence-corrected chi connectivity index (χ1v) is 7.47. The Morgan fingerprint density at radius 2 is 1.75 bits per heavy atom. The summed E-state index contributed by atoms with van der Waals surface area (Å²) < 4.78 is 2.23. The number of nitrogens with one attached hydrogen (secondary N) is 1. The highest BCUT2D eigenvalue weighted by Gasteiger charge is 2.08. The first kappa shape index (κ1) is 14.0. The van der Waals surface area contributed by atoms with E-state index in [-0.39, 0.29) is 0 Å². The standard InChI is InChI=1S/C13H19Br2N/c1-3-5-11(6-4-2)16-13-8-7-10(14)9-12(13)15/h7-9,11,16H,3-6H2,1-2H3. The van der Waals surface area contributed by atoms with Crippen molar-refractivity contribution in [1.82, 2.24) is 0 Å². The first-order valence-electron chi connectivity index (χ1n) is 5.89. The minimum atomic E-state index is 0.590. The van der Waals surface area contributed by atoms with Crippen LogP contribution in [0.4, 0.5) is 5.69 Å². The Bertz CT molecular complexity index is 320. The maximum absolute atomic E-state index is 3.61. The van der Waals surface area contributed by atoms with Gasteiger partial charge in [-0.2, -0.15) is 0 Å². The third kappa shape index (κ3) is 4.46. The number of hydrogen-bond donors (Lipinski definition) is 1. The van der Waals surface area contributed by atoms with Crippen LogP contribution >= 0.6 is 31.9 Å². The molecule has 0 saturated carbocycles. The van der Waals surface area contributed by atoms with E-state index in [1.54, 1.807) is 0 Å². The molecule has 1 aromatic carbocycles. The quantitative estimate of drug-likeness (QED) is 0.706. The lowest BCUT2D eigenvalue weighted by molar-refractivity contribution is 0.586. The normalized spacial score (nSPS) is 10.8. The highest BCUT2D eigenvalue weighted by atomic mass is 79.9. The predicted octanol–water partition coefficient (Wildman–Crippen LogP) is 5.59. The number of rotatable bonds is 6. The molecule has 1 N–H and O–H groups in total. The van der Waals surface area contributed by atoms with Gasteiger partial charge in [0.25, 0.3) is 0 Å². The Kier molecular flexibility index (Phi) is 6.44. The van der Waals surface area contributed by atoms with Crippen molar-refractivity contribution in [2.75, 3.05) is 5.32 Å². The van der Waals surface area contributed by atoms with Gasteiger partial charge in [0.15, 0.2) is 0 Å². The van der Waals surface area contributed by atoms with Crippen LogP contribution in [0.3, 0.4) is 0 Å². The number of benzene rings is 1. The average Bonchev–Trinajstić information content (AvgIpc) is 2.23. The molecule has 0 saturated heterocycles. The van der Waals surface area contributed by atoms with E-state index in [9.17, 15) is 0 Å². The van der Waals surface area contributed by atoms with E-state index in [0.717, 1.165) is 8.95 Å². The van der Waals surface area contributed by atoms with E-state index in [1.807, 2.05) is 0 Å². The smallest absolute Gasteiger partial charge is 0.0487 e. The van der Waals surface area contributed by atoms with Crippen molar-refractivity contribution in [2.24, 2.45) is 0 Å². The molecule has 1 rings (SSSR count). The molecule has 0 amide bonds. The van der Waals surface area contributed by atoms with Gasteiger partial charge in [-0.25, -0.2) is 0 Å². The van der Waals surface area contributed by atoms with E-state index < -0.39 is 0 Å². The zero-order valence-corrected chi connectivity index (χ0v) is 13.1.